The third-order valence-corrected chi connectivity index (χ3v) is 5.49. The summed E-state index contributed by atoms with van der Waals surface area (Å²) >= 11 is 0. The van der Waals surface area contributed by atoms with Crippen LogP contribution < -0.4 is 20.9 Å². The molecule has 3 amide bonds. The quantitative estimate of drug-likeness (QED) is 0.461. The third-order valence-electron chi connectivity index (χ3n) is 5.49. The predicted octanol–water partition coefficient (Wildman–Crippen LogP) is 5.28. The second kappa shape index (κ2) is 10.3. The van der Waals surface area contributed by atoms with Gasteiger partial charge in [0.2, 0.25) is 0 Å². The average Bonchev–Trinajstić information content (AvgIpc) is 3.35. The number of benzene rings is 3. The Morgan fingerprint density at radius 2 is 1.44 bits per heavy atom. The van der Waals surface area contributed by atoms with Gasteiger partial charge in [0.15, 0.2) is 11.6 Å². The largest absolute Gasteiger partial charge is 0.371 e. The van der Waals surface area contributed by atoms with E-state index in [2.05, 4.69) is 20.9 Å². The van der Waals surface area contributed by atoms with Gasteiger partial charge in [-0.1, -0.05) is 12.1 Å². The predicted molar refractivity (Wildman–Crippen MR) is 124 cm³/mol. The summed E-state index contributed by atoms with van der Waals surface area (Å²) in [6.07, 6.45) is 2.04. The van der Waals surface area contributed by atoms with Crippen molar-refractivity contribution in [1.82, 2.24) is 5.32 Å². The molecule has 1 fully saturated rings. The van der Waals surface area contributed by atoms with Crippen molar-refractivity contribution in [2.45, 2.75) is 19.4 Å². The van der Waals surface area contributed by atoms with Gasteiger partial charge in [-0.15, -0.1) is 0 Å². The number of urea groups is 1. The Balaban J connectivity index is 1.50. The van der Waals surface area contributed by atoms with Gasteiger partial charge in [0.05, 0.1) is 5.56 Å². The third kappa shape index (κ3) is 5.67. The van der Waals surface area contributed by atoms with Crippen LogP contribution >= 0.6 is 0 Å². The first-order chi connectivity index (χ1) is 16.4. The van der Waals surface area contributed by atoms with Crippen LogP contribution in [0.1, 0.15) is 28.8 Å². The number of carbonyl (C=O) groups is 2. The second-order valence-electron chi connectivity index (χ2n) is 7.94. The topological polar surface area (TPSA) is 73.5 Å². The number of carbonyl (C=O) groups excluding carboxylic acids is 2. The van der Waals surface area contributed by atoms with Crippen LogP contribution in [0.5, 0.6) is 0 Å². The smallest absolute Gasteiger partial charge is 0.323 e. The second-order valence-corrected chi connectivity index (χ2v) is 7.94. The normalized spacial score (nSPS) is 13.0. The van der Waals surface area contributed by atoms with Crippen LogP contribution in [0.2, 0.25) is 0 Å². The van der Waals surface area contributed by atoms with E-state index in [4.69, 9.17) is 0 Å². The number of nitrogens with one attached hydrogen (secondary N) is 3. The van der Waals surface area contributed by atoms with Crippen molar-refractivity contribution in [2.75, 3.05) is 28.6 Å². The molecule has 1 aliphatic heterocycles. The number of nitrogens with zero attached hydrogens (tertiary/aromatic N) is 1. The average molecular weight is 468 g/mol. The van der Waals surface area contributed by atoms with Crippen molar-refractivity contribution in [3.63, 3.8) is 0 Å². The highest BCUT2D eigenvalue weighted by molar-refractivity contribution is 6.04. The van der Waals surface area contributed by atoms with Crippen molar-refractivity contribution in [1.29, 1.82) is 0 Å². The Morgan fingerprint density at radius 3 is 2.12 bits per heavy atom. The van der Waals surface area contributed by atoms with Gasteiger partial charge in [0.25, 0.3) is 5.91 Å². The van der Waals surface area contributed by atoms with Crippen molar-refractivity contribution in [3.8, 4) is 0 Å². The lowest BCUT2D eigenvalue weighted by atomic mass is 10.1. The SMILES string of the molecule is O=C(Nc1ccc(F)c(F)c1)Nc1ccc(N2CCCC2)c(C(=O)NCc2ccc(F)cc2)c1. The highest BCUT2D eigenvalue weighted by atomic mass is 19.2. The lowest BCUT2D eigenvalue weighted by Gasteiger charge is -2.22. The fraction of sp³-hybridized carbons (Fsp3) is 0.200. The summed E-state index contributed by atoms with van der Waals surface area (Å²) in [6, 6.07) is 13.2. The van der Waals surface area contributed by atoms with Gasteiger partial charge in [0.1, 0.15) is 5.82 Å². The molecule has 0 unspecified atom stereocenters. The van der Waals surface area contributed by atoms with Crippen LogP contribution in [0.4, 0.5) is 35.0 Å². The number of halogens is 3. The number of rotatable bonds is 6. The molecular weight excluding hydrogens is 445 g/mol. The molecule has 3 aromatic rings. The molecular formula is C25H23F3N4O2. The molecule has 34 heavy (non-hydrogen) atoms. The maximum absolute atomic E-state index is 13.4. The summed E-state index contributed by atoms with van der Waals surface area (Å²) in [5, 5.41) is 7.88. The summed E-state index contributed by atoms with van der Waals surface area (Å²) in [6.45, 7) is 1.86. The van der Waals surface area contributed by atoms with Gasteiger partial charge in [-0.3, -0.25) is 4.79 Å². The summed E-state index contributed by atoms with van der Waals surface area (Å²) in [5.41, 5.74) is 2.32. The van der Waals surface area contributed by atoms with Crippen molar-refractivity contribution >= 4 is 29.0 Å². The number of hydrogen-bond acceptors (Lipinski definition) is 3. The van der Waals surface area contributed by atoms with Crippen LogP contribution in [0, 0.1) is 17.5 Å². The highest BCUT2D eigenvalue weighted by Gasteiger charge is 2.20. The van der Waals surface area contributed by atoms with E-state index in [0.29, 0.717) is 11.3 Å². The van der Waals surface area contributed by atoms with Crippen LogP contribution in [-0.2, 0) is 6.54 Å². The molecule has 0 aliphatic carbocycles. The zero-order valence-corrected chi connectivity index (χ0v) is 18.2. The van der Waals surface area contributed by atoms with E-state index in [0.717, 1.165) is 49.3 Å². The zero-order chi connectivity index (χ0) is 24.1. The Bertz CT molecular complexity index is 1200. The van der Waals surface area contributed by atoms with Gasteiger partial charge < -0.3 is 20.9 Å². The van der Waals surface area contributed by atoms with E-state index in [9.17, 15) is 22.8 Å². The molecule has 1 heterocycles. The van der Waals surface area contributed by atoms with Crippen LogP contribution in [0.3, 0.4) is 0 Å². The molecule has 1 saturated heterocycles. The minimum absolute atomic E-state index is 0.0855. The first-order valence-electron chi connectivity index (χ1n) is 10.8. The van der Waals surface area contributed by atoms with Gasteiger partial charge in [-0.05, 0) is 60.9 Å². The fourth-order valence-corrected chi connectivity index (χ4v) is 3.78. The molecule has 176 valence electrons. The molecule has 0 saturated carbocycles. The summed E-state index contributed by atoms with van der Waals surface area (Å²) in [5.74, 6) is -2.78. The molecule has 3 aromatic carbocycles. The molecule has 9 heteroatoms. The van der Waals surface area contributed by atoms with E-state index in [1.54, 1.807) is 30.3 Å². The lowest BCUT2D eigenvalue weighted by Crippen LogP contribution is -2.27. The number of hydrogen-bond donors (Lipinski definition) is 3. The Hall–Kier alpha value is -4.01. The maximum Gasteiger partial charge on any atom is 0.323 e. The molecule has 0 atom stereocenters. The first kappa shape index (κ1) is 23.2. The van der Waals surface area contributed by atoms with Gasteiger partial charge >= 0.3 is 6.03 Å². The van der Waals surface area contributed by atoms with Gasteiger partial charge in [0, 0.05) is 42.8 Å². The van der Waals surface area contributed by atoms with Gasteiger partial charge in [-0.2, -0.15) is 0 Å². The van der Waals surface area contributed by atoms with Crippen LogP contribution in [-0.4, -0.2) is 25.0 Å². The molecule has 0 bridgehead atoms. The fourth-order valence-electron chi connectivity index (χ4n) is 3.78. The molecule has 0 radical (unpaired) electrons. The lowest BCUT2D eigenvalue weighted by molar-refractivity contribution is 0.0951. The molecule has 0 spiro atoms. The van der Waals surface area contributed by atoms with E-state index in [1.807, 2.05) is 0 Å². The van der Waals surface area contributed by atoms with E-state index < -0.39 is 17.7 Å². The summed E-state index contributed by atoms with van der Waals surface area (Å²) in [7, 11) is 0. The van der Waals surface area contributed by atoms with Crippen molar-refractivity contribution in [2.24, 2.45) is 0 Å². The van der Waals surface area contributed by atoms with Gasteiger partial charge in [-0.25, -0.2) is 18.0 Å². The Kier molecular flexibility index (Phi) is 7.01. The molecule has 0 aromatic heterocycles. The molecule has 6 nitrogen and oxygen atoms in total. The van der Waals surface area contributed by atoms with E-state index >= 15 is 0 Å². The maximum atomic E-state index is 13.4. The monoisotopic (exact) mass is 468 g/mol. The van der Waals surface area contributed by atoms with Crippen molar-refractivity contribution in [3.05, 3.63) is 89.2 Å². The number of anilines is 3. The molecule has 4 rings (SSSR count). The standard InChI is InChI=1S/C25H23F3N4O2/c26-17-5-3-16(4-6-17)15-29-24(33)20-13-18(8-10-23(20)32-11-1-2-12-32)30-25(34)31-19-7-9-21(27)22(28)14-19/h3-10,13-14H,1-2,11-12,15H2,(H,29,33)(H2,30,31,34). The highest BCUT2D eigenvalue weighted by Crippen LogP contribution is 2.28. The number of amides is 3. The minimum Gasteiger partial charge on any atom is -0.371 e. The van der Waals surface area contributed by atoms with Crippen molar-refractivity contribution < 1.29 is 22.8 Å². The van der Waals surface area contributed by atoms with E-state index in [-0.39, 0.29) is 24.0 Å². The zero-order valence-electron chi connectivity index (χ0n) is 18.2. The molecule has 3 N–H and O–H groups in total. The summed E-state index contributed by atoms with van der Waals surface area (Å²) < 4.78 is 39.6. The Labute approximate surface area is 194 Å². The first-order valence-corrected chi connectivity index (χ1v) is 10.8. The molecule has 1 aliphatic rings. The van der Waals surface area contributed by atoms with Crippen LogP contribution in [0.25, 0.3) is 0 Å². The minimum atomic E-state index is -1.08. The Morgan fingerprint density at radius 1 is 0.794 bits per heavy atom. The van der Waals surface area contributed by atoms with E-state index in [1.165, 1.54) is 18.2 Å². The summed E-state index contributed by atoms with van der Waals surface area (Å²) in [4.78, 5) is 27.5. The van der Waals surface area contributed by atoms with Crippen LogP contribution in [0.15, 0.2) is 60.7 Å².